The van der Waals surface area contributed by atoms with Gasteiger partial charge in [0.25, 0.3) is 10.0 Å². The Morgan fingerprint density at radius 2 is 2.20 bits per heavy atom. The van der Waals surface area contributed by atoms with Gasteiger partial charge in [-0.1, -0.05) is 6.07 Å². The van der Waals surface area contributed by atoms with E-state index in [-0.39, 0.29) is 5.03 Å². The van der Waals surface area contributed by atoms with Crippen LogP contribution >= 0.6 is 11.6 Å². The molecule has 0 saturated heterocycles. The van der Waals surface area contributed by atoms with Gasteiger partial charge in [-0.15, -0.1) is 11.6 Å². The molecule has 0 atom stereocenters. The van der Waals surface area contributed by atoms with E-state index in [1.54, 1.807) is 6.07 Å². The highest BCUT2D eigenvalue weighted by Crippen LogP contribution is 2.28. The zero-order valence-electron chi connectivity index (χ0n) is 11.5. The quantitative estimate of drug-likeness (QED) is 0.542. The zero-order valence-corrected chi connectivity index (χ0v) is 13.0. The second kappa shape index (κ2) is 6.85. The molecule has 1 saturated carbocycles. The number of sulfonamides is 1. The summed E-state index contributed by atoms with van der Waals surface area (Å²) in [4.78, 5) is 3.95. The van der Waals surface area contributed by atoms with Gasteiger partial charge in [-0.3, -0.25) is 0 Å². The number of alkyl halides is 1. The van der Waals surface area contributed by atoms with Crippen LogP contribution in [0.3, 0.4) is 0 Å². The van der Waals surface area contributed by atoms with E-state index < -0.39 is 10.0 Å². The van der Waals surface area contributed by atoms with Gasteiger partial charge in [-0.05, 0) is 30.4 Å². The molecule has 1 aromatic heterocycles. The summed E-state index contributed by atoms with van der Waals surface area (Å²) in [6.45, 7) is 1.47. The van der Waals surface area contributed by atoms with Crippen molar-refractivity contribution >= 4 is 21.6 Å². The molecule has 20 heavy (non-hydrogen) atoms. The van der Waals surface area contributed by atoms with E-state index in [0.717, 1.165) is 12.2 Å². The molecule has 112 valence electrons. The number of hydrogen-bond donors (Lipinski definition) is 0. The Hall–Kier alpha value is -0.690. The van der Waals surface area contributed by atoms with Crippen molar-refractivity contribution in [3.05, 3.63) is 23.9 Å². The molecule has 0 spiro atoms. The van der Waals surface area contributed by atoms with E-state index in [9.17, 15) is 8.42 Å². The van der Waals surface area contributed by atoms with E-state index in [4.69, 9.17) is 16.3 Å². The average Bonchev–Trinajstić information content (AvgIpc) is 3.27. The van der Waals surface area contributed by atoms with Crippen LogP contribution in [-0.2, 0) is 20.6 Å². The summed E-state index contributed by atoms with van der Waals surface area (Å²) < 4.78 is 31.2. The Morgan fingerprint density at radius 3 is 2.75 bits per heavy atom. The summed E-state index contributed by atoms with van der Waals surface area (Å²) in [5.74, 6) is 1.000. The lowest BCUT2D eigenvalue weighted by Crippen LogP contribution is -2.31. The summed E-state index contributed by atoms with van der Waals surface area (Å²) in [6, 6.07) is 3.15. The molecule has 1 aliphatic rings. The topological polar surface area (TPSA) is 59.5 Å². The summed E-state index contributed by atoms with van der Waals surface area (Å²) >= 11 is 5.65. The molecule has 7 heteroatoms. The average molecular weight is 319 g/mol. The maximum atomic E-state index is 12.2. The molecule has 0 unspecified atom stereocenters. The van der Waals surface area contributed by atoms with Crippen LogP contribution in [-0.4, -0.2) is 44.5 Å². The molecule has 1 aliphatic carbocycles. The first-order valence-corrected chi connectivity index (χ1v) is 8.56. The maximum Gasteiger partial charge on any atom is 0.260 e. The SMILES string of the molecule is CN(CCOCC1CC1)S(=O)(=O)c1ccc(CCl)cn1. The Kier molecular flexibility index (Phi) is 5.37. The summed E-state index contributed by atoms with van der Waals surface area (Å²) in [6.07, 6.45) is 3.94. The first-order chi connectivity index (χ1) is 9.54. The first kappa shape index (κ1) is 15.7. The van der Waals surface area contributed by atoms with Crippen LogP contribution in [0.15, 0.2) is 23.4 Å². The largest absolute Gasteiger partial charge is 0.380 e. The fraction of sp³-hybridized carbons (Fsp3) is 0.615. The van der Waals surface area contributed by atoms with E-state index in [1.807, 2.05) is 0 Å². The number of ether oxygens (including phenoxy) is 1. The second-order valence-electron chi connectivity index (χ2n) is 4.98. The van der Waals surface area contributed by atoms with Crippen LogP contribution in [0.5, 0.6) is 0 Å². The van der Waals surface area contributed by atoms with Gasteiger partial charge in [0.15, 0.2) is 5.03 Å². The highest BCUT2D eigenvalue weighted by atomic mass is 35.5. The predicted molar refractivity (Wildman–Crippen MR) is 77.2 cm³/mol. The fourth-order valence-electron chi connectivity index (χ4n) is 1.65. The van der Waals surface area contributed by atoms with Gasteiger partial charge in [-0.25, -0.2) is 13.4 Å². The van der Waals surface area contributed by atoms with Crippen molar-refractivity contribution in [1.82, 2.24) is 9.29 Å². The van der Waals surface area contributed by atoms with Gasteiger partial charge in [0.1, 0.15) is 0 Å². The third-order valence-corrected chi connectivity index (χ3v) is 5.31. The third kappa shape index (κ3) is 4.15. The molecule has 0 N–H and O–H groups in total. The van der Waals surface area contributed by atoms with E-state index in [2.05, 4.69) is 4.98 Å². The van der Waals surface area contributed by atoms with Gasteiger partial charge >= 0.3 is 0 Å². The molecule has 0 aromatic carbocycles. The first-order valence-electron chi connectivity index (χ1n) is 6.59. The second-order valence-corrected chi connectivity index (χ2v) is 7.24. The molecule has 0 aliphatic heterocycles. The van der Waals surface area contributed by atoms with Gasteiger partial charge in [0, 0.05) is 32.3 Å². The fourth-order valence-corrected chi connectivity index (χ4v) is 2.87. The van der Waals surface area contributed by atoms with Crippen molar-refractivity contribution in [2.24, 2.45) is 5.92 Å². The molecule has 0 amide bonds. The highest BCUT2D eigenvalue weighted by Gasteiger charge is 2.23. The van der Waals surface area contributed by atoms with Crippen molar-refractivity contribution in [2.75, 3.05) is 26.8 Å². The van der Waals surface area contributed by atoms with Crippen LogP contribution in [0.2, 0.25) is 0 Å². The summed E-state index contributed by atoms with van der Waals surface area (Å²) in [5, 5.41) is 0.0380. The molecule has 0 bridgehead atoms. The minimum atomic E-state index is -3.55. The van der Waals surface area contributed by atoms with Crippen molar-refractivity contribution in [3.8, 4) is 0 Å². The predicted octanol–water partition coefficient (Wildman–Crippen LogP) is 1.87. The Balaban J connectivity index is 1.89. The molecule has 5 nitrogen and oxygen atoms in total. The zero-order chi connectivity index (χ0) is 14.6. The monoisotopic (exact) mass is 318 g/mol. The van der Waals surface area contributed by atoms with Gasteiger partial charge in [0.2, 0.25) is 0 Å². The number of halogens is 1. The van der Waals surface area contributed by atoms with Gasteiger partial charge in [0.05, 0.1) is 6.61 Å². The van der Waals surface area contributed by atoms with Crippen LogP contribution in [0.1, 0.15) is 18.4 Å². The number of nitrogens with zero attached hydrogens (tertiary/aromatic N) is 2. The summed E-state index contributed by atoms with van der Waals surface area (Å²) in [5.41, 5.74) is 0.793. The minimum absolute atomic E-state index is 0.0380. The number of pyridine rings is 1. The van der Waals surface area contributed by atoms with E-state index in [1.165, 1.54) is 36.5 Å². The smallest absolute Gasteiger partial charge is 0.260 e. The standard InChI is InChI=1S/C13H19ClN2O3S/c1-16(6-7-19-10-11-2-3-11)20(17,18)13-5-4-12(8-14)9-15-13/h4-5,9,11H,2-3,6-8,10H2,1H3. The summed E-state index contributed by atoms with van der Waals surface area (Å²) in [7, 11) is -2.02. The van der Waals surface area contributed by atoms with E-state index in [0.29, 0.717) is 24.9 Å². The third-order valence-electron chi connectivity index (χ3n) is 3.23. The molecule has 2 rings (SSSR count). The van der Waals surface area contributed by atoms with Crippen molar-refractivity contribution in [2.45, 2.75) is 23.7 Å². The lowest BCUT2D eigenvalue weighted by atomic mass is 10.3. The van der Waals surface area contributed by atoms with Gasteiger partial charge < -0.3 is 4.74 Å². The Morgan fingerprint density at radius 1 is 1.45 bits per heavy atom. The lowest BCUT2D eigenvalue weighted by Gasteiger charge is -2.16. The Bertz CT molecular complexity index is 529. The molecular weight excluding hydrogens is 300 g/mol. The number of rotatable bonds is 8. The number of likely N-dealkylation sites (N-methyl/N-ethyl adjacent to an activating group) is 1. The van der Waals surface area contributed by atoms with E-state index >= 15 is 0 Å². The van der Waals surface area contributed by atoms with Crippen LogP contribution in [0, 0.1) is 5.92 Å². The van der Waals surface area contributed by atoms with Gasteiger partial charge in [-0.2, -0.15) is 4.31 Å². The lowest BCUT2D eigenvalue weighted by molar-refractivity contribution is 0.117. The Labute approximate surface area is 125 Å². The van der Waals surface area contributed by atoms with Crippen LogP contribution < -0.4 is 0 Å². The molecule has 1 fully saturated rings. The number of hydrogen-bond acceptors (Lipinski definition) is 4. The maximum absolute atomic E-state index is 12.2. The van der Waals surface area contributed by atoms with Crippen LogP contribution in [0.25, 0.3) is 0 Å². The van der Waals surface area contributed by atoms with Crippen molar-refractivity contribution in [3.63, 3.8) is 0 Å². The highest BCUT2D eigenvalue weighted by molar-refractivity contribution is 7.89. The molecular formula is C13H19ClN2O3S. The number of aromatic nitrogens is 1. The normalized spacial score (nSPS) is 15.8. The van der Waals surface area contributed by atoms with Crippen molar-refractivity contribution in [1.29, 1.82) is 0 Å². The van der Waals surface area contributed by atoms with Crippen molar-refractivity contribution < 1.29 is 13.2 Å². The molecule has 1 heterocycles. The minimum Gasteiger partial charge on any atom is -0.380 e. The van der Waals surface area contributed by atoms with Crippen LogP contribution in [0.4, 0.5) is 0 Å². The molecule has 1 aromatic rings. The molecule has 0 radical (unpaired) electrons.